The van der Waals surface area contributed by atoms with E-state index in [0.29, 0.717) is 5.82 Å². The van der Waals surface area contributed by atoms with E-state index >= 15 is 0 Å². The van der Waals surface area contributed by atoms with Crippen molar-refractivity contribution in [3.05, 3.63) is 65.4 Å². The van der Waals surface area contributed by atoms with E-state index in [0.717, 1.165) is 16.8 Å². The van der Waals surface area contributed by atoms with E-state index in [-0.39, 0.29) is 5.11 Å². The SMILES string of the molecule is Cc1cccc(/C=C/C(=O)NC(NC(=S)Nc2cccc(C)n2)C(Cl)(Cl)Cl)c1. The van der Waals surface area contributed by atoms with Gasteiger partial charge in [0.25, 0.3) is 0 Å². The molecule has 0 bridgehead atoms. The van der Waals surface area contributed by atoms with Gasteiger partial charge in [0.2, 0.25) is 9.70 Å². The second kappa shape index (κ2) is 10.1. The summed E-state index contributed by atoms with van der Waals surface area (Å²) in [7, 11) is 0. The zero-order chi connectivity index (χ0) is 20.7. The molecule has 1 aromatic heterocycles. The molecule has 1 unspecified atom stereocenters. The number of nitrogens with zero attached hydrogens (tertiary/aromatic N) is 1. The quantitative estimate of drug-likeness (QED) is 0.267. The van der Waals surface area contributed by atoms with Crippen LogP contribution in [0, 0.1) is 13.8 Å². The molecule has 9 heteroatoms. The number of pyridine rings is 1. The van der Waals surface area contributed by atoms with Gasteiger partial charge in [-0.3, -0.25) is 4.79 Å². The number of carbonyl (C=O) groups is 1. The van der Waals surface area contributed by atoms with E-state index < -0.39 is 15.9 Å². The second-order valence-corrected chi connectivity index (χ2v) is 8.77. The Morgan fingerprint density at radius 1 is 1.14 bits per heavy atom. The normalized spacial score (nSPS) is 12.5. The largest absolute Gasteiger partial charge is 0.339 e. The molecule has 1 heterocycles. The Hall–Kier alpha value is -1.86. The zero-order valence-electron chi connectivity index (χ0n) is 15.2. The van der Waals surface area contributed by atoms with Crippen molar-refractivity contribution in [2.24, 2.45) is 0 Å². The molecule has 0 radical (unpaired) electrons. The molecule has 0 aliphatic carbocycles. The lowest BCUT2D eigenvalue weighted by Gasteiger charge is -2.27. The van der Waals surface area contributed by atoms with Crippen LogP contribution in [0.5, 0.6) is 0 Å². The number of aromatic nitrogens is 1. The maximum atomic E-state index is 12.3. The van der Waals surface area contributed by atoms with Gasteiger partial charge in [-0.05, 0) is 49.8 Å². The van der Waals surface area contributed by atoms with E-state index in [2.05, 4.69) is 20.9 Å². The predicted molar refractivity (Wildman–Crippen MR) is 121 cm³/mol. The average Bonchev–Trinajstić information content (AvgIpc) is 2.58. The number of benzene rings is 1. The molecule has 148 valence electrons. The first kappa shape index (κ1) is 22.4. The van der Waals surface area contributed by atoms with Crippen LogP contribution in [-0.4, -0.2) is 26.0 Å². The zero-order valence-corrected chi connectivity index (χ0v) is 18.3. The maximum Gasteiger partial charge on any atom is 0.245 e. The summed E-state index contributed by atoms with van der Waals surface area (Å²) in [5.74, 6) is 0.0908. The number of amides is 1. The summed E-state index contributed by atoms with van der Waals surface area (Å²) in [6.07, 6.45) is 1.97. The Morgan fingerprint density at radius 3 is 2.50 bits per heavy atom. The number of halogens is 3. The fraction of sp³-hybridized carbons (Fsp3) is 0.211. The number of alkyl halides is 3. The number of hydrogen-bond acceptors (Lipinski definition) is 3. The number of aryl methyl sites for hydroxylation is 2. The molecule has 0 fully saturated rings. The van der Waals surface area contributed by atoms with Gasteiger partial charge >= 0.3 is 0 Å². The average molecular weight is 458 g/mol. The van der Waals surface area contributed by atoms with Crippen LogP contribution in [-0.2, 0) is 4.79 Å². The van der Waals surface area contributed by atoms with Gasteiger partial charge in [0.1, 0.15) is 12.0 Å². The molecule has 0 spiro atoms. The maximum absolute atomic E-state index is 12.3. The number of thiocarbonyl (C=S) groups is 1. The molecule has 2 aromatic rings. The van der Waals surface area contributed by atoms with Crippen LogP contribution in [0.15, 0.2) is 48.5 Å². The summed E-state index contributed by atoms with van der Waals surface area (Å²) in [5.41, 5.74) is 2.79. The van der Waals surface area contributed by atoms with E-state index in [1.165, 1.54) is 6.08 Å². The summed E-state index contributed by atoms with van der Waals surface area (Å²) < 4.78 is -1.83. The number of anilines is 1. The first-order valence-electron chi connectivity index (χ1n) is 8.26. The lowest BCUT2D eigenvalue weighted by molar-refractivity contribution is -0.117. The molecule has 3 N–H and O–H groups in total. The first-order chi connectivity index (χ1) is 13.1. The van der Waals surface area contributed by atoms with Gasteiger partial charge < -0.3 is 16.0 Å². The third-order valence-electron chi connectivity index (χ3n) is 3.49. The second-order valence-electron chi connectivity index (χ2n) is 5.99. The molecular weight excluding hydrogens is 439 g/mol. The highest BCUT2D eigenvalue weighted by atomic mass is 35.6. The molecule has 0 aliphatic heterocycles. The van der Waals surface area contributed by atoms with Gasteiger partial charge in [-0.15, -0.1) is 0 Å². The van der Waals surface area contributed by atoms with E-state index in [1.54, 1.807) is 12.1 Å². The van der Waals surface area contributed by atoms with Gasteiger partial charge in [0.05, 0.1) is 0 Å². The van der Waals surface area contributed by atoms with Gasteiger partial charge in [0.15, 0.2) is 5.11 Å². The summed E-state index contributed by atoms with van der Waals surface area (Å²) in [5, 5.41) is 8.41. The van der Waals surface area contributed by atoms with Crippen LogP contribution in [0.2, 0.25) is 0 Å². The van der Waals surface area contributed by atoms with Crippen molar-refractivity contribution in [1.82, 2.24) is 15.6 Å². The van der Waals surface area contributed by atoms with E-state index in [9.17, 15) is 4.79 Å². The molecule has 0 aliphatic rings. The van der Waals surface area contributed by atoms with Crippen LogP contribution in [0.25, 0.3) is 6.08 Å². The fourth-order valence-electron chi connectivity index (χ4n) is 2.23. The Balaban J connectivity index is 2.01. The molecule has 1 aromatic carbocycles. The third-order valence-corrected chi connectivity index (χ3v) is 4.36. The minimum atomic E-state index is -1.83. The summed E-state index contributed by atoms with van der Waals surface area (Å²) in [6, 6.07) is 13.1. The van der Waals surface area contributed by atoms with Crippen molar-refractivity contribution < 1.29 is 4.79 Å². The van der Waals surface area contributed by atoms with Gasteiger partial charge in [0, 0.05) is 11.8 Å². The minimum Gasteiger partial charge on any atom is -0.339 e. The summed E-state index contributed by atoms with van der Waals surface area (Å²) >= 11 is 23.2. The van der Waals surface area contributed by atoms with Gasteiger partial charge in [-0.2, -0.15) is 0 Å². The number of nitrogens with one attached hydrogen (secondary N) is 3. The highest BCUT2D eigenvalue weighted by Gasteiger charge is 2.34. The van der Waals surface area contributed by atoms with Crippen molar-refractivity contribution in [1.29, 1.82) is 0 Å². The number of rotatable bonds is 5. The van der Waals surface area contributed by atoms with Crippen molar-refractivity contribution >= 4 is 69.9 Å². The van der Waals surface area contributed by atoms with Crippen LogP contribution in [0.4, 0.5) is 5.82 Å². The Labute approximate surface area is 184 Å². The molecule has 1 atom stereocenters. The fourth-order valence-corrected chi connectivity index (χ4v) is 2.78. The van der Waals surface area contributed by atoms with Crippen LogP contribution < -0.4 is 16.0 Å². The van der Waals surface area contributed by atoms with Crippen molar-refractivity contribution in [2.45, 2.75) is 23.8 Å². The Kier molecular flexibility index (Phi) is 8.07. The predicted octanol–water partition coefficient (Wildman–Crippen LogP) is 4.51. The highest BCUT2D eigenvalue weighted by Crippen LogP contribution is 2.29. The number of carbonyl (C=O) groups excluding carboxylic acids is 1. The topological polar surface area (TPSA) is 66.1 Å². The molecule has 0 saturated heterocycles. The smallest absolute Gasteiger partial charge is 0.245 e. The monoisotopic (exact) mass is 456 g/mol. The third kappa shape index (κ3) is 7.64. The van der Waals surface area contributed by atoms with Gasteiger partial charge in [-0.25, -0.2) is 4.98 Å². The molecule has 28 heavy (non-hydrogen) atoms. The standard InChI is InChI=1S/C19H19Cl3N4OS/c1-12-5-3-7-14(11-12)9-10-16(27)25-17(19(20,21)22)26-18(28)24-15-8-4-6-13(2)23-15/h3-11,17H,1-2H3,(H,25,27)(H2,23,24,26,28)/b10-9+. The molecular formula is C19H19Cl3N4OS. The first-order valence-corrected chi connectivity index (χ1v) is 9.81. The van der Waals surface area contributed by atoms with E-state index in [1.807, 2.05) is 50.2 Å². The van der Waals surface area contributed by atoms with Crippen LogP contribution in [0.1, 0.15) is 16.8 Å². The lowest BCUT2D eigenvalue weighted by Crippen LogP contribution is -2.55. The summed E-state index contributed by atoms with van der Waals surface area (Å²) in [4.78, 5) is 16.5. The molecule has 0 saturated carbocycles. The highest BCUT2D eigenvalue weighted by molar-refractivity contribution is 7.80. The van der Waals surface area contributed by atoms with E-state index in [4.69, 9.17) is 47.0 Å². The molecule has 2 rings (SSSR count). The van der Waals surface area contributed by atoms with Crippen molar-refractivity contribution in [3.8, 4) is 0 Å². The molecule has 5 nitrogen and oxygen atoms in total. The van der Waals surface area contributed by atoms with Crippen molar-refractivity contribution in [2.75, 3.05) is 5.32 Å². The van der Waals surface area contributed by atoms with Crippen LogP contribution >= 0.6 is 47.0 Å². The van der Waals surface area contributed by atoms with Crippen molar-refractivity contribution in [3.63, 3.8) is 0 Å². The number of hydrogen-bond donors (Lipinski definition) is 3. The summed E-state index contributed by atoms with van der Waals surface area (Å²) in [6.45, 7) is 3.82. The van der Waals surface area contributed by atoms with Gasteiger partial charge in [-0.1, -0.05) is 70.7 Å². The molecule has 1 amide bonds. The Morgan fingerprint density at radius 2 is 1.86 bits per heavy atom. The minimum absolute atomic E-state index is 0.150. The lowest BCUT2D eigenvalue weighted by atomic mass is 10.1. The Bertz CT molecular complexity index is 883. The van der Waals surface area contributed by atoms with Crippen LogP contribution in [0.3, 0.4) is 0 Å².